The van der Waals surface area contributed by atoms with Crippen molar-refractivity contribution in [2.45, 2.75) is 26.1 Å². The lowest BCUT2D eigenvalue weighted by Crippen LogP contribution is -2.18. The SMILES string of the molecule is CC(C)(O)c1ccc(Cl)c(OCc2ccccc2)c1F. The first-order chi connectivity index (χ1) is 9.39. The highest BCUT2D eigenvalue weighted by Crippen LogP contribution is 2.35. The molecule has 0 saturated heterocycles. The molecule has 0 heterocycles. The minimum absolute atomic E-state index is 0.0323. The third-order valence-electron chi connectivity index (χ3n) is 2.93. The summed E-state index contributed by atoms with van der Waals surface area (Å²) >= 11 is 5.97. The average Bonchev–Trinajstić information content (AvgIpc) is 2.38. The molecule has 0 aromatic heterocycles. The fourth-order valence-electron chi connectivity index (χ4n) is 1.87. The van der Waals surface area contributed by atoms with Crippen LogP contribution in [-0.2, 0) is 12.2 Å². The maximum Gasteiger partial charge on any atom is 0.174 e. The van der Waals surface area contributed by atoms with Crippen molar-refractivity contribution in [1.82, 2.24) is 0 Å². The van der Waals surface area contributed by atoms with Gasteiger partial charge in [0.15, 0.2) is 11.6 Å². The summed E-state index contributed by atoms with van der Waals surface area (Å²) in [6, 6.07) is 12.4. The zero-order chi connectivity index (χ0) is 14.8. The second-order valence-electron chi connectivity index (χ2n) is 5.07. The normalized spacial score (nSPS) is 11.4. The molecule has 0 amide bonds. The molecule has 4 heteroatoms. The molecule has 2 nitrogen and oxygen atoms in total. The summed E-state index contributed by atoms with van der Waals surface area (Å²) in [5.41, 5.74) is -0.221. The maximum atomic E-state index is 14.4. The van der Waals surface area contributed by atoms with Gasteiger partial charge in [0.1, 0.15) is 6.61 Å². The van der Waals surface area contributed by atoms with E-state index in [4.69, 9.17) is 16.3 Å². The van der Waals surface area contributed by atoms with Crippen LogP contribution in [0.2, 0.25) is 5.02 Å². The van der Waals surface area contributed by atoms with Gasteiger partial charge in [0.25, 0.3) is 0 Å². The molecule has 2 aromatic carbocycles. The molecule has 0 fully saturated rings. The molecular formula is C16H16ClFO2. The Labute approximate surface area is 122 Å². The number of ether oxygens (including phenoxy) is 1. The molecule has 2 rings (SSSR count). The van der Waals surface area contributed by atoms with Gasteiger partial charge in [-0.15, -0.1) is 0 Å². The number of hydrogen-bond acceptors (Lipinski definition) is 2. The second kappa shape index (κ2) is 5.81. The first-order valence-corrected chi connectivity index (χ1v) is 6.65. The number of aliphatic hydroxyl groups is 1. The van der Waals surface area contributed by atoms with Gasteiger partial charge < -0.3 is 9.84 Å². The fourth-order valence-corrected chi connectivity index (χ4v) is 2.07. The number of halogens is 2. The van der Waals surface area contributed by atoms with Crippen LogP contribution in [0.1, 0.15) is 25.0 Å². The zero-order valence-corrected chi connectivity index (χ0v) is 12.1. The molecule has 0 aliphatic rings. The van der Waals surface area contributed by atoms with Gasteiger partial charge in [0.05, 0.1) is 10.6 Å². The van der Waals surface area contributed by atoms with E-state index in [1.54, 1.807) is 0 Å². The van der Waals surface area contributed by atoms with Gasteiger partial charge in [-0.1, -0.05) is 48.0 Å². The first-order valence-electron chi connectivity index (χ1n) is 6.27. The number of benzene rings is 2. The predicted molar refractivity (Wildman–Crippen MR) is 77.4 cm³/mol. The predicted octanol–water partition coefficient (Wildman–Crippen LogP) is 4.29. The summed E-state index contributed by atoms with van der Waals surface area (Å²) in [6.45, 7) is 3.24. The van der Waals surface area contributed by atoms with Crippen molar-refractivity contribution in [3.63, 3.8) is 0 Å². The zero-order valence-electron chi connectivity index (χ0n) is 11.4. The molecule has 0 spiro atoms. The third kappa shape index (κ3) is 3.30. The van der Waals surface area contributed by atoms with E-state index in [0.717, 1.165) is 5.56 Å². The minimum atomic E-state index is -1.29. The highest BCUT2D eigenvalue weighted by molar-refractivity contribution is 6.32. The van der Waals surface area contributed by atoms with Gasteiger partial charge >= 0.3 is 0 Å². The lowest BCUT2D eigenvalue weighted by molar-refractivity contribution is 0.0737. The van der Waals surface area contributed by atoms with Crippen LogP contribution < -0.4 is 4.74 Å². The van der Waals surface area contributed by atoms with Gasteiger partial charge in [-0.05, 0) is 25.5 Å². The van der Waals surface area contributed by atoms with Gasteiger partial charge in [0.2, 0.25) is 0 Å². The highest BCUT2D eigenvalue weighted by atomic mass is 35.5. The summed E-state index contributed by atoms with van der Waals surface area (Å²) < 4.78 is 19.8. The van der Waals surface area contributed by atoms with Crippen LogP contribution in [0.25, 0.3) is 0 Å². The Bertz CT molecular complexity index is 591. The molecule has 1 N–H and O–H groups in total. The average molecular weight is 295 g/mol. The monoisotopic (exact) mass is 294 g/mol. The standard InChI is InChI=1S/C16H16ClFO2/c1-16(2,19)12-8-9-13(17)15(14(12)18)20-10-11-6-4-3-5-7-11/h3-9,19H,10H2,1-2H3. The number of rotatable bonds is 4. The van der Waals surface area contributed by atoms with E-state index < -0.39 is 11.4 Å². The van der Waals surface area contributed by atoms with Crippen LogP contribution in [0.5, 0.6) is 5.75 Å². The Morgan fingerprint density at radius 2 is 1.80 bits per heavy atom. The summed E-state index contributed by atoms with van der Waals surface area (Å²) in [4.78, 5) is 0. The Kier molecular flexibility index (Phi) is 4.31. The van der Waals surface area contributed by atoms with Crippen molar-refractivity contribution in [2.75, 3.05) is 0 Å². The van der Waals surface area contributed by atoms with E-state index in [1.165, 1.54) is 26.0 Å². The lowest BCUT2D eigenvalue weighted by atomic mass is 9.97. The Hall–Kier alpha value is -1.58. The maximum absolute atomic E-state index is 14.4. The van der Waals surface area contributed by atoms with Crippen LogP contribution in [-0.4, -0.2) is 5.11 Å². The van der Waals surface area contributed by atoms with E-state index >= 15 is 0 Å². The van der Waals surface area contributed by atoms with Crippen LogP contribution in [0.15, 0.2) is 42.5 Å². The molecule has 20 heavy (non-hydrogen) atoms. The molecule has 0 radical (unpaired) electrons. The summed E-state index contributed by atoms with van der Waals surface area (Å²) in [6.07, 6.45) is 0. The van der Waals surface area contributed by atoms with E-state index in [9.17, 15) is 9.50 Å². The summed E-state index contributed by atoms with van der Waals surface area (Å²) in [5.74, 6) is -0.656. The Morgan fingerprint density at radius 1 is 1.15 bits per heavy atom. The van der Waals surface area contributed by atoms with Crippen molar-refractivity contribution in [2.24, 2.45) is 0 Å². The molecule has 0 unspecified atom stereocenters. The van der Waals surface area contributed by atoms with Crippen molar-refractivity contribution in [1.29, 1.82) is 0 Å². The summed E-state index contributed by atoms with van der Waals surface area (Å²) in [5, 5.41) is 10.1. The van der Waals surface area contributed by atoms with Crippen LogP contribution in [0.3, 0.4) is 0 Å². The lowest BCUT2D eigenvalue weighted by Gasteiger charge is -2.20. The fraction of sp³-hybridized carbons (Fsp3) is 0.250. The number of hydrogen-bond donors (Lipinski definition) is 1. The minimum Gasteiger partial charge on any atom is -0.484 e. The molecule has 106 valence electrons. The van der Waals surface area contributed by atoms with Crippen LogP contribution in [0, 0.1) is 5.82 Å². The van der Waals surface area contributed by atoms with Gasteiger partial charge in [0, 0.05) is 5.56 Å². The van der Waals surface area contributed by atoms with E-state index in [0.29, 0.717) is 0 Å². The van der Waals surface area contributed by atoms with E-state index in [2.05, 4.69) is 0 Å². The van der Waals surface area contributed by atoms with Crippen molar-refractivity contribution < 1.29 is 14.2 Å². The van der Waals surface area contributed by atoms with Crippen molar-refractivity contribution in [3.8, 4) is 5.75 Å². The molecule has 0 bridgehead atoms. The molecule has 2 aromatic rings. The molecule has 0 saturated carbocycles. The first kappa shape index (κ1) is 14.8. The topological polar surface area (TPSA) is 29.5 Å². The Balaban J connectivity index is 2.27. The smallest absolute Gasteiger partial charge is 0.174 e. The molecule has 0 aliphatic carbocycles. The highest BCUT2D eigenvalue weighted by Gasteiger charge is 2.24. The van der Waals surface area contributed by atoms with Crippen LogP contribution in [0.4, 0.5) is 4.39 Å². The Morgan fingerprint density at radius 3 is 2.40 bits per heavy atom. The largest absolute Gasteiger partial charge is 0.484 e. The third-order valence-corrected chi connectivity index (χ3v) is 3.23. The van der Waals surface area contributed by atoms with Gasteiger partial charge in [-0.25, -0.2) is 4.39 Å². The second-order valence-corrected chi connectivity index (χ2v) is 5.48. The van der Waals surface area contributed by atoms with Gasteiger partial charge in [-0.2, -0.15) is 0 Å². The van der Waals surface area contributed by atoms with E-state index in [-0.39, 0.29) is 22.9 Å². The quantitative estimate of drug-likeness (QED) is 0.912. The molecular weight excluding hydrogens is 279 g/mol. The molecule has 0 aliphatic heterocycles. The van der Waals surface area contributed by atoms with Gasteiger partial charge in [-0.3, -0.25) is 0 Å². The summed E-state index contributed by atoms with van der Waals surface area (Å²) in [7, 11) is 0. The molecule has 0 atom stereocenters. The van der Waals surface area contributed by atoms with E-state index in [1.807, 2.05) is 30.3 Å². The van der Waals surface area contributed by atoms with Crippen molar-refractivity contribution in [3.05, 3.63) is 64.4 Å². The van der Waals surface area contributed by atoms with Crippen molar-refractivity contribution >= 4 is 11.6 Å². The van der Waals surface area contributed by atoms with Crippen LogP contribution >= 0.6 is 11.6 Å².